The van der Waals surface area contributed by atoms with Gasteiger partial charge in [-0.25, -0.2) is 0 Å². The smallest absolute Gasteiger partial charge is 0.200 e. The Kier molecular flexibility index (Phi) is 5.07. The molecule has 0 amide bonds. The molecule has 2 aromatic rings. The Morgan fingerprint density at radius 1 is 1.10 bits per heavy atom. The molecule has 0 bridgehead atoms. The molecule has 2 rings (SSSR count). The van der Waals surface area contributed by atoms with Crippen LogP contribution in [0.3, 0.4) is 0 Å². The minimum absolute atomic E-state index is 0.00733. The number of rotatable bonds is 6. The fourth-order valence-electron chi connectivity index (χ4n) is 1.72. The van der Waals surface area contributed by atoms with E-state index >= 15 is 0 Å². The van der Waals surface area contributed by atoms with E-state index in [2.05, 4.69) is 12.6 Å². The molecule has 0 radical (unpaired) electrons. The number of ketones is 1. The summed E-state index contributed by atoms with van der Waals surface area (Å²) in [5.74, 6) is 1.94. The summed E-state index contributed by atoms with van der Waals surface area (Å²) in [7, 11) is 1.57. The van der Waals surface area contributed by atoms with E-state index in [1.807, 2.05) is 24.3 Å². The van der Waals surface area contributed by atoms with Crippen LogP contribution in [-0.2, 0) is 5.75 Å². The average Bonchev–Trinajstić information content (AvgIpc) is 2.53. The monoisotopic (exact) mass is 288 g/mol. The zero-order valence-corrected chi connectivity index (χ0v) is 12.1. The van der Waals surface area contributed by atoms with Crippen molar-refractivity contribution in [2.24, 2.45) is 0 Å². The van der Waals surface area contributed by atoms with Gasteiger partial charge in [-0.05, 0) is 29.8 Å². The molecule has 0 atom stereocenters. The highest BCUT2D eigenvalue weighted by molar-refractivity contribution is 7.79. The third-order valence-electron chi connectivity index (χ3n) is 2.87. The lowest BCUT2D eigenvalue weighted by atomic mass is 10.1. The maximum absolute atomic E-state index is 12.0. The second-order valence-corrected chi connectivity index (χ2v) is 4.56. The first-order valence-corrected chi connectivity index (χ1v) is 6.86. The molecule has 20 heavy (non-hydrogen) atoms. The van der Waals surface area contributed by atoms with Gasteiger partial charge < -0.3 is 9.47 Å². The zero-order chi connectivity index (χ0) is 14.4. The number of Topliss-reactive ketones (excluding diaryl/α,β-unsaturated/α-hetero) is 1. The first kappa shape index (κ1) is 14.5. The van der Waals surface area contributed by atoms with Crippen LogP contribution in [0.5, 0.6) is 11.5 Å². The number of carbonyl (C=O) groups excluding carboxylic acids is 1. The van der Waals surface area contributed by atoms with Crippen molar-refractivity contribution in [1.29, 1.82) is 0 Å². The normalized spacial score (nSPS) is 10.1. The molecule has 0 heterocycles. The Hall–Kier alpha value is -1.94. The van der Waals surface area contributed by atoms with Crippen LogP contribution in [0.4, 0.5) is 0 Å². The van der Waals surface area contributed by atoms with Crippen LogP contribution in [-0.4, -0.2) is 19.5 Å². The lowest BCUT2D eigenvalue weighted by Crippen LogP contribution is -2.11. The van der Waals surface area contributed by atoms with Crippen LogP contribution in [0, 0.1) is 0 Å². The van der Waals surface area contributed by atoms with E-state index < -0.39 is 0 Å². The highest BCUT2D eigenvalue weighted by Crippen LogP contribution is 2.16. The molecule has 0 saturated heterocycles. The van der Waals surface area contributed by atoms with Crippen molar-refractivity contribution in [3.63, 3.8) is 0 Å². The molecule has 0 aliphatic carbocycles. The van der Waals surface area contributed by atoms with Crippen molar-refractivity contribution in [2.75, 3.05) is 13.7 Å². The van der Waals surface area contributed by atoms with Crippen LogP contribution in [0.1, 0.15) is 15.9 Å². The number of hydrogen-bond acceptors (Lipinski definition) is 4. The zero-order valence-electron chi connectivity index (χ0n) is 11.2. The molecule has 0 unspecified atom stereocenters. The summed E-state index contributed by atoms with van der Waals surface area (Å²) in [4.78, 5) is 12.0. The molecule has 0 fully saturated rings. The molecule has 104 valence electrons. The maximum atomic E-state index is 12.0. The number of methoxy groups -OCH3 is 1. The summed E-state index contributed by atoms with van der Waals surface area (Å²) in [6.07, 6.45) is 0. The first-order valence-electron chi connectivity index (χ1n) is 6.23. The molecular formula is C16H16O3S. The van der Waals surface area contributed by atoms with Gasteiger partial charge in [0.2, 0.25) is 0 Å². The average molecular weight is 288 g/mol. The fourth-order valence-corrected chi connectivity index (χ4v) is 1.93. The van der Waals surface area contributed by atoms with Gasteiger partial charge in [-0.1, -0.05) is 24.3 Å². The number of carbonyl (C=O) groups is 1. The maximum Gasteiger partial charge on any atom is 0.200 e. The van der Waals surface area contributed by atoms with Crippen LogP contribution in [0.15, 0.2) is 48.5 Å². The van der Waals surface area contributed by atoms with E-state index in [9.17, 15) is 4.79 Å². The van der Waals surface area contributed by atoms with Gasteiger partial charge >= 0.3 is 0 Å². The summed E-state index contributed by atoms with van der Waals surface area (Å²) >= 11 is 4.19. The number of hydrogen-bond donors (Lipinski definition) is 1. The van der Waals surface area contributed by atoms with Crippen molar-refractivity contribution in [1.82, 2.24) is 0 Å². The molecule has 0 aromatic heterocycles. The molecule has 0 N–H and O–H groups in total. The highest BCUT2D eigenvalue weighted by atomic mass is 32.1. The van der Waals surface area contributed by atoms with Crippen molar-refractivity contribution in [2.45, 2.75) is 5.75 Å². The minimum atomic E-state index is -0.0813. The van der Waals surface area contributed by atoms with E-state index in [4.69, 9.17) is 9.47 Å². The lowest BCUT2D eigenvalue weighted by molar-refractivity contribution is 0.0921. The van der Waals surface area contributed by atoms with E-state index in [0.717, 1.165) is 5.56 Å². The topological polar surface area (TPSA) is 35.5 Å². The van der Waals surface area contributed by atoms with Gasteiger partial charge in [0.25, 0.3) is 0 Å². The summed E-state index contributed by atoms with van der Waals surface area (Å²) < 4.78 is 10.6. The van der Waals surface area contributed by atoms with Crippen molar-refractivity contribution >= 4 is 18.4 Å². The van der Waals surface area contributed by atoms with Gasteiger partial charge in [0.1, 0.15) is 11.5 Å². The quantitative estimate of drug-likeness (QED) is 0.654. The van der Waals surface area contributed by atoms with E-state index in [1.54, 1.807) is 31.4 Å². The predicted octanol–water partition coefficient (Wildman–Crippen LogP) is 3.39. The molecule has 4 heteroatoms. The van der Waals surface area contributed by atoms with E-state index in [0.29, 0.717) is 22.8 Å². The first-order chi connectivity index (χ1) is 9.72. The van der Waals surface area contributed by atoms with Gasteiger partial charge in [-0.2, -0.15) is 12.6 Å². The largest absolute Gasteiger partial charge is 0.497 e. The Morgan fingerprint density at radius 2 is 1.85 bits per heavy atom. The van der Waals surface area contributed by atoms with Crippen molar-refractivity contribution in [3.8, 4) is 11.5 Å². The summed E-state index contributed by atoms with van der Waals surface area (Å²) in [6, 6.07) is 14.6. The molecule has 0 aliphatic rings. The number of benzene rings is 2. The van der Waals surface area contributed by atoms with E-state index in [1.165, 1.54) is 0 Å². The van der Waals surface area contributed by atoms with Crippen molar-refractivity contribution < 1.29 is 14.3 Å². The molecule has 0 spiro atoms. The van der Waals surface area contributed by atoms with Gasteiger partial charge in [-0.15, -0.1) is 0 Å². The molecule has 2 aromatic carbocycles. The van der Waals surface area contributed by atoms with Gasteiger partial charge in [0.15, 0.2) is 12.4 Å². The standard InChI is InChI=1S/C16H16O3S/c1-18-15-4-2-3-13(9-15)16(17)10-19-14-7-5-12(11-20)6-8-14/h2-9,20H,10-11H2,1H3. The van der Waals surface area contributed by atoms with Gasteiger partial charge in [0.05, 0.1) is 7.11 Å². The highest BCUT2D eigenvalue weighted by Gasteiger charge is 2.08. The number of thiol groups is 1. The predicted molar refractivity (Wildman–Crippen MR) is 82.0 cm³/mol. The Morgan fingerprint density at radius 3 is 2.50 bits per heavy atom. The lowest BCUT2D eigenvalue weighted by Gasteiger charge is -2.07. The molecule has 3 nitrogen and oxygen atoms in total. The fraction of sp³-hybridized carbons (Fsp3) is 0.188. The van der Waals surface area contributed by atoms with Gasteiger partial charge in [-0.3, -0.25) is 4.79 Å². The van der Waals surface area contributed by atoms with Gasteiger partial charge in [0, 0.05) is 11.3 Å². The molecular weight excluding hydrogens is 272 g/mol. The van der Waals surface area contributed by atoms with Crippen molar-refractivity contribution in [3.05, 3.63) is 59.7 Å². The third kappa shape index (κ3) is 3.78. The summed E-state index contributed by atoms with van der Waals surface area (Å²) in [5.41, 5.74) is 1.69. The Bertz CT molecular complexity index is 579. The third-order valence-corrected chi connectivity index (χ3v) is 3.23. The van der Waals surface area contributed by atoms with E-state index in [-0.39, 0.29) is 12.4 Å². The second-order valence-electron chi connectivity index (χ2n) is 4.25. The van der Waals surface area contributed by atoms with Crippen LogP contribution in [0.25, 0.3) is 0 Å². The molecule has 0 saturated carbocycles. The second kappa shape index (κ2) is 7.01. The number of ether oxygens (including phenoxy) is 2. The molecule has 0 aliphatic heterocycles. The Balaban J connectivity index is 1.97. The Labute approximate surface area is 123 Å². The summed E-state index contributed by atoms with van der Waals surface area (Å²) in [5, 5.41) is 0. The summed E-state index contributed by atoms with van der Waals surface area (Å²) in [6.45, 7) is 0.00733. The van der Waals surface area contributed by atoms with Crippen LogP contribution in [0.2, 0.25) is 0 Å². The SMILES string of the molecule is COc1cccc(C(=O)COc2ccc(CS)cc2)c1. The minimum Gasteiger partial charge on any atom is -0.497 e. The van der Waals surface area contributed by atoms with Crippen LogP contribution >= 0.6 is 12.6 Å². The van der Waals surface area contributed by atoms with Crippen LogP contribution < -0.4 is 9.47 Å².